The molecule has 0 saturated heterocycles. The highest BCUT2D eigenvalue weighted by Crippen LogP contribution is 2.23. The second-order valence-corrected chi connectivity index (χ2v) is 6.38. The van der Waals surface area contributed by atoms with Crippen LogP contribution < -0.4 is 5.14 Å². The van der Waals surface area contributed by atoms with Crippen molar-refractivity contribution in [3.8, 4) is 11.4 Å². The Kier molecular flexibility index (Phi) is 4.53. The van der Waals surface area contributed by atoms with Gasteiger partial charge in [0.2, 0.25) is 0 Å². The lowest BCUT2D eigenvalue weighted by Gasteiger charge is -2.08. The molecule has 0 aliphatic rings. The van der Waals surface area contributed by atoms with Crippen LogP contribution >= 0.6 is 15.9 Å². The lowest BCUT2D eigenvalue weighted by Crippen LogP contribution is -2.20. The van der Waals surface area contributed by atoms with Crippen molar-refractivity contribution in [1.82, 2.24) is 14.8 Å². The molecule has 2 rings (SSSR count). The third-order valence-electron chi connectivity index (χ3n) is 2.57. The van der Waals surface area contributed by atoms with Crippen molar-refractivity contribution in [2.45, 2.75) is 11.7 Å². The molecule has 0 aliphatic heterocycles. The van der Waals surface area contributed by atoms with Gasteiger partial charge in [0.25, 0.3) is 15.2 Å². The highest BCUT2D eigenvalue weighted by atomic mass is 79.9. The van der Waals surface area contributed by atoms with E-state index in [0.29, 0.717) is 12.4 Å². The van der Waals surface area contributed by atoms with E-state index in [1.807, 2.05) is 24.3 Å². The van der Waals surface area contributed by atoms with E-state index >= 15 is 0 Å². The molecular weight excluding hydrogens is 348 g/mol. The maximum absolute atomic E-state index is 11.5. The minimum absolute atomic E-state index is 0.274. The number of primary sulfonamides is 1. The van der Waals surface area contributed by atoms with Crippen LogP contribution in [0.1, 0.15) is 0 Å². The second-order valence-electron chi connectivity index (χ2n) is 4.01. The summed E-state index contributed by atoms with van der Waals surface area (Å²) in [4.78, 5) is 0. The average Bonchev–Trinajstić information content (AvgIpc) is 2.79. The lowest BCUT2D eigenvalue weighted by molar-refractivity contribution is 0.185. The summed E-state index contributed by atoms with van der Waals surface area (Å²) < 4.78 is 30.3. The Morgan fingerprint density at radius 3 is 2.75 bits per heavy atom. The number of sulfonamides is 1. The Hall–Kier alpha value is -1.29. The lowest BCUT2D eigenvalue weighted by atomic mass is 10.2. The highest BCUT2D eigenvalue weighted by Gasteiger charge is 2.21. The minimum Gasteiger partial charge on any atom is -0.383 e. The Labute approximate surface area is 124 Å². The van der Waals surface area contributed by atoms with Crippen LogP contribution in [-0.2, 0) is 21.3 Å². The van der Waals surface area contributed by atoms with E-state index in [1.54, 1.807) is 0 Å². The van der Waals surface area contributed by atoms with Gasteiger partial charge in [0.05, 0.1) is 13.2 Å². The second kappa shape index (κ2) is 6.00. The number of nitrogens with two attached hydrogens (primary N) is 1. The first-order valence-corrected chi connectivity index (χ1v) is 7.98. The first-order valence-electron chi connectivity index (χ1n) is 5.64. The number of halogens is 1. The van der Waals surface area contributed by atoms with Gasteiger partial charge in [0, 0.05) is 17.1 Å². The molecule has 0 saturated carbocycles. The maximum atomic E-state index is 11.5. The largest absolute Gasteiger partial charge is 0.383 e. The predicted molar refractivity (Wildman–Crippen MR) is 76.4 cm³/mol. The molecular formula is C11H13BrN4O3S. The molecule has 0 bridgehead atoms. The molecule has 0 fully saturated rings. The number of rotatable bonds is 5. The SMILES string of the molecule is COCCn1c(-c2cccc(Br)c2)nnc1S(N)(=O)=O. The van der Waals surface area contributed by atoms with Crippen molar-refractivity contribution < 1.29 is 13.2 Å². The van der Waals surface area contributed by atoms with Crippen LogP contribution in [0.25, 0.3) is 11.4 Å². The molecule has 2 aromatic rings. The van der Waals surface area contributed by atoms with Crippen LogP contribution in [0.5, 0.6) is 0 Å². The average molecular weight is 361 g/mol. The third-order valence-corrected chi connectivity index (χ3v) is 3.88. The standard InChI is InChI=1S/C11H13BrN4O3S/c1-19-6-5-16-10(8-3-2-4-9(12)7-8)14-15-11(16)20(13,17)18/h2-4,7H,5-6H2,1H3,(H2,13,17,18). The molecule has 1 aromatic heterocycles. The van der Waals surface area contributed by atoms with Crippen LogP contribution in [0.3, 0.4) is 0 Å². The van der Waals surface area contributed by atoms with Gasteiger partial charge in [-0.1, -0.05) is 28.1 Å². The Morgan fingerprint density at radius 1 is 1.40 bits per heavy atom. The molecule has 7 nitrogen and oxygen atoms in total. The van der Waals surface area contributed by atoms with Gasteiger partial charge in [-0.2, -0.15) is 0 Å². The van der Waals surface area contributed by atoms with Crippen molar-refractivity contribution in [2.75, 3.05) is 13.7 Å². The molecule has 2 N–H and O–H groups in total. The number of aromatic nitrogens is 3. The van der Waals surface area contributed by atoms with Gasteiger partial charge in [-0.15, -0.1) is 10.2 Å². The van der Waals surface area contributed by atoms with Crippen molar-refractivity contribution in [3.05, 3.63) is 28.7 Å². The molecule has 0 spiro atoms. The fourth-order valence-electron chi connectivity index (χ4n) is 1.72. The zero-order valence-electron chi connectivity index (χ0n) is 10.7. The van der Waals surface area contributed by atoms with Crippen LogP contribution in [0, 0.1) is 0 Å². The first kappa shape index (κ1) is 15.1. The Balaban J connectivity index is 2.56. The summed E-state index contributed by atoms with van der Waals surface area (Å²) >= 11 is 3.36. The van der Waals surface area contributed by atoms with Crippen LogP contribution in [0.15, 0.2) is 33.9 Å². The molecule has 0 radical (unpaired) electrons. The molecule has 0 aliphatic carbocycles. The quantitative estimate of drug-likeness (QED) is 0.857. The fourth-order valence-corrected chi connectivity index (χ4v) is 2.76. The van der Waals surface area contributed by atoms with E-state index in [4.69, 9.17) is 9.88 Å². The number of nitrogens with zero attached hydrogens (tertiary/aromatic N) is 3. The van der Waals surface area contributed by atoms with Crippen LogP contribution in [0.4, 0.5) is 0 Å². The van der Waals surface area contributed by atoms with E-state index in [9.17, 15) is 8.42 Å². The topological polar surface area (TPSA) is 100 Å². The summed E-state index contributed by atoms with van der Waals surface area (Å²) in [6, 6.07) is 7.32. The molecule has 9 heteroatoms. The molecule has 0 amide bonds. The molecule has 1 heterocycles. The normalized spacial score (nSPS) is 11.8. The van der Waals surface area contributed by atoms with E-state index in [-0.39, 0.29) is 11.7 Å². The fraction of sp³-hybridized carbons (Fsp3) is 0.273. The van der Waals surface area contributed by atoms with Gasteiger partial charge in [0.1, 0.15) is 0 Å². The first-order chi connectivity index (χ1) is 9.43. The monoisotopic (exact) mass is 360 g/mol. The Morgan fingerprint density at radius 2 is 2.15 bits per heavy atom. The maximum Gasteiger partial charge on any atom is 0.273 e. The van der Waals surface area contributed by atoms with E-state index in [1.165, 1.54) is 11.7 Å². The zero-order valence-corrected chi connectivity index (χ0v) is 13.1. The van der Waals surface area contributed by atoms with Crippen molar-refractivity contribution in [1.29, 1.82) is 0 Å². The number of ether oxygens (including phenoxy) is 1. The molecule has 20 heavy (non-hydrogen) atoms. The summed E-state index contributed by atoms with van der Waals surface area (Å²) in [6.07, 6.45) is 0. The van der Waals surface area contributed by atoms with Gasteiger partial charge < -0.3 is 4.74 Å². The predicted octanol–water partition coefficient (Wildman–Crippen LogP) is 1.00. The summed E-state index contributed by atoms with van der Waals surface area (Å²) in [5.74, 6) is 0.423. The van der Waals surface area contributed by atoms with Gasteiger partial charge >= 0.3 is 0 Å². The van der Waals surface area contributed by atoms with E-state index in [2.05, 4.69) is 26.1 Å². The van der Waals surface area contributed by atoms with E-state index in [0.717, 1.165) is 10.0 Å². The summed E-state index contributed by atoms with van der Waals surface area (Å²) in [6.45, 7) is 0.610. The summed E-state index contributed by atoms with van der Waals surface area (Å²) in [5, 5.41) is 12.5. The van der Waals surface area contributed by atoms with Gasteiger partial charge in [-0.25, -0.2) is 13.6 Å². The van der Waals surface area contributed by atoms with E-state index < -0.39 is 10.0 Å². The zero-order chi connectivity index (χ0) is 14.8. The van der Waals surface area contributed by atoms with Crippen LogP contribution in [-0.4, -0.2) is 36.9 Å². The number of benzene rings is 1. The van der Waals surface area contributed by atoms with Crippen molar-refractivity contribution in [3.63, 3.8) is 0 Å². The third kappa shape index (κ3) is 3.23. The molecule has 0 atom stereocenters. The molecule has 0 unspecified atom stereocenters. The summed E-state index contributed by atoms with van der Waals surface area (Å²) in [5.41, 5.74) is 0.734. The van der Waals surface area contributed by atoms with Gasteiger partial charge in [0.15, 0.2) is 5.82 Å². The highest BCUT2D eigenvalue weighted by molar-refractivity contribution is 9.10. The smallest absolute Gasteiger partial charge is 0.273 e. The Bertz CT molecular complexity index is 714. The van der Waals surface area contributed by atoms with Gasteiger partial charge in [-0.05, 0) is 12.1 Å². The van der Waals surface area contributed by atoms with Gasteiger partial charge in [-0.3, -0.25) is 4.57 Å². The number of hydrogen-bond acceptors (Lipinski definition) is 5. The van der Waals surface area contributed by atoms with Crippen molar-refractivity contribution in [2.24, 2.45) is 5.14 Å². The molecule has 1 aromatic carbocycles. The number of hydrogen-bond donors (Lipinski definition) is 1. The summed E-state index contributed by atoms with van der Waals surface area (Å²) in [7, 11) is -2.41. The van der Waals surface area contributed by atoms with Crippen LogP contribution in [0.2, 0.25) is 0 Å². The molecule has 108 valence electrons. The minimum atomic E-state index is -3.94. The van der Waals surface area contributed by atoms with Crippen molar-refractivity contribution >= 4 is 26.0 Å². The number of methoxy groups -OCH3 is 1.